The maximum Gasteiger partial charge on any atom is 0.271 e. The van der Waals surface area contributed by atoms with Gasteiger partial charge in [-0.15, -0.1) is 0 Å². The molecule has 0 aliphatic carbocycles. The lowest BCUT2D eigenvalue weighted by Gasteiger charge is -2.05. The topological polar surface area (TPSA) is 55.6 Å². The smallest absolute Gasteiger partial charge is 0.271 e. The summed E-state index contributed by atoms with van der Waals surface area (Å²) in [6, 6.07) is 11.5. The van der Waals surface area contributed by atoms with Gasteiger partial charge in [-0.25, -0.2) is 4.98 Å². The number of rotatable bonds is 4. The molecule has 1 N–H and O–H groups in total. The number of nitrogens with one attached hydrogen (secondary N) is 1. The molecule has 0 fully saturated rings. The number of pyridine rings is 1. The van der Waals surface area contributed by atoms with E-state index >= 15 is 0 Å². The van der Waals surface area contributed by atoms with Crippen LogP contribution < -0.4 is 10.1 Å². The first kappa shape index (κ1) is 14.1. The Kier molecular flexibility index (Phi) is 3.78. The number of carbonyl (C=O) groups excluding carboxylic acids is 1. The molecule has 22 heavy (non-hydrogen) atoms. The van der Waals surface area contributed by atoms with Crippen LogP contribution in [0.25, 0.3) is 5.65 Å². The molecule has 0 unspecified atom stereocenters. The Morgan fingerprint density at radius 2 is 2.18 bits per heavy atom. The van der Waals surface area contributed by atoms with Gasteiger partial charge in [0.2, 0.25) is 0 Å². The van der Waals surface area contributed by atoms with E-state index in [2.05, 4.69) is 10.3 Å². The number of nitrogens with zero attached hydrogens (tertiary/aromatic N) is 2. The molecular weight excluding hydrogens is 278 g/mol. The molecule has 0 bridgehead atoms. The number of aromatic nitrogens is 2. The number of hydrogen-bond donors (Lipinski definition) is 1. The zero-order valence-electron chi connectivity index (χ0n) is 12.5. The van der Waals surface area contributed by atoms with E-state index in [1.54, 1.807) is 13.3 Å². The average molecular weight is 295 g/mol. The van der Waals surface area contributed by atoms with E-state index in [0.717, 1.165) is 22.5 Å². The first-order chi connectivity index (χ1) is 10.7. The van der Waals surface area contributed by atoms with Gasteiger partial charge in [-0.1, -0.05) is 12.1 Å². The van der Waals surface area contributed by atoms with Crippen molar-refractivity contribution >= 4 is 11.6 Å². The predicted molar refractivity (Wildman–Crippen MR) is 84.1 cm³/mol. The van der Waals surface area contributed by atoms with Crippen LogP contribution in [0.4, 0.5) is 0 Å². The number of benzene rings is 1. The highest BCUT2D eigenvalue weighted by atomic mass is 16.5. The fourth-order valence-corrected chi connectivity index (χ4v) is 2.25. The fourth-order valence-electron chi connectivity index (χ4n) is 2.25. The van der Waals surface area contributed by atoms with Crippen LogP contribution in [0.15, 0.2) is 48.8 Å². The van der Waals surface area contributed by atoms with E-state index in [1.165, 1.54) is 0 Å². The summed E-state index contributed by atoms with van der Waals surface area (Å²) in [7, 11) is 1.62. The molecule has 0 spiro atoms. The molecule has 1 amide bonds. The largest absolute Gasteiger partial charge is 0.497 e. The minimum absolute atomic E-state index is 0.191. The molecule has 3 aromatic rings. The number of carbonyl (C=O) groups is 1. The number of ether oxygens (including phenoxy) is 1. The molecular formula is C17H17N3O2. The van der Waals surface area contributed by atoms with Crippen molar-refractivity contribution in [1.29, 1.82) is 0 Å². The zero-order chi connectivity index (χ0) is 15.5. The predicted octanol–water partition coefficient (Wildman–Crippen LogP) is 2.58. The van der Waals surface area contributed by atoms with Crippen molar-refractivity contribution in [3.05, 3.63) is 65.6 Å². The van der Waals surface area contributed by atoms with Crippen LogP contribution in [0.1, 0.15) is 21.6 Å². The molecule has 0 aliphatic heterocycles. The highest BCUT2D eigenvalue weighted by Gasteiger charge is 2.10. The summed E-state index contributed by atoms with van der Waals surface area (Å²) in [4.78, 5) is 16.6. The first-order valence-corrected chi connectivity index (χ1v) is 7.02. The molecule has 2 aromatic heterocycles. The Morgan fingerprint density at radius 3 is 3.00 bits per heavy atom. The minimum atomic E-state index is -0.191. The second kappa shape index (κ2) is 5.89. The van der Waals surface area contributed by atoms with Gasteiger partial charge < -0.3 is 14.5 Å². The second-order valence-corrected chi connectivity index (χ2v) is 5.13. The molecule has 0 saturated carbocycles. The number of aryl methyl sites for hydroxylation is 1. The minimum Gasteiger partial charge on any atom is -0.497 e. The van der Waals surface area contributed by atoms with Gasteiger partial charge in [0, 0.05) is 18.9 Å². The Labute approximate surface area is 128 Å². The molecule has 0 radical (unpaired) electrons. The second-order valence-electron chi connectivity index (χ2n) is 5.13. The number of methoxy groups -OCH3 is 1. The molecule has 112 valence electrons. The quantitative estimate of drug-likeness (QED) is 0.805. The number of fused-ring (bicyclic) bond motifs is 1. The van der Waals surface area contributed by atoms with Gasteiger partial charge in [-0.2, -0.15) is 0 Å². The SMILES string of the molecule is COc1cccc(CNC(=O)c2cn3ccc(C)cc3n2)c1. The van der Waals surface area contributed by atoms with Gasteiger partial charge >= 0.3 is 0 Å². The third-order valence-electron chi connectivity index (χ3n) is 3.44. The lowest BCUT2D eigenvalue weighted by Crippen LogP contribution is -2.23. The van der Waals surface area contributed by atoms with E-state index in [-0.39, 0.29) is 5.91 Å². The van der Waals surface area contributed by atoms with Gasteiger partial charge in [-0.05, 0) is 42.3 Å². The van der Waals surface area contributed by atoms with Gasteiger partial charge in [-0.3, -0.25) is 4.79 Å². The molecule has 0 saturated heterocycles. The maximum atomic E-state index is 12.2. The van der Waals surface area contributed by atoms with Gasteiger partial charge in [0.1, 0.15) is 17.1 Å². The van der Waals surface area contributed by atoms with E-state index in [1.807, 2.05) is 53.9 Å². The average Bonchev–Trinajstić information content (AvgIpc) is 2.96. The van der Waals surface area contributed by atoms with E-state index in [9.17, 15) is 4.79 Å². The Morgan fingerprint density at radius 1 is 1.32 bits per heavy atom. The van der Waals surface area contributed by atoms with Crippen LogP contribution >= 0.6 is 0 Å². The molecule has 5 nitrogen and oxygen atoms in total. The standard InChI is InChI=1S/C17H17N3O2/c1-12-6-7-20-11-15(19-16(20)8-12)17(21)18-10-13-4-3-5-14(9-13)22-2/h3-9,11H,10H2,1-2H3,(H,18,21). The summed E-state index contributed by atoms with van der Waals surface area (Å²) in [5, 5.41) is 2.87. The van der Waals surface area contributed by atoms with Crippen molar-refractivity contribution in [2.75, 3.05) is 7.11 Å². The third kappa shape index (κ3) is 2.93. The zero-order valence-corrected chi connectivity index (χ0v) is 12.5. The summed E-state index contributed by atoms with van der Waals surface area (Å²) in [5.41, 5.74) is 3.27. The van der Waals surface area contributed by atoms with Gasteiger partial charge in [0.25, 0.3) is 5.91 Å². The maximum absolute atomic E-state index is 12.2. The van der Waals surface area contributed by atoms with E-state index in [0.29, 0.717) is 12.2 Å². The molecule has 1 aromatic carbocycles. The fraction of sp³-hybridized carbons (Fsp3) is 0.176. The van der Waals surface area contributed by atoms with Crippen LogP contribution in [0.2, 0.25) is 0 Å². The summed E-state index contributed by atoms with van der Waals surface area (Å²) in [6.45, 7) is 2.43. The van der Waals surface area contributed by atoms with E-state index < -0.39 is 0 Å². The summed E-state index contributed by atoms with van der Waals surface area (Å²) in [6.07, 6.45) is 3.63. The van der Waals surface area contributed by atoms with Crippen LogP contribution in [-0.2, 0) is 6.54 Å². The van der Waals surface area contributed by atoms with Crippen molar-refractivity contribution in [3.63, 3.8) is 0 Å². The lowest BCUT2D eigenvalue weighted by molar-refractivity contribution is 0.0946. The Hall–Kier alpha value is -2.82. The van der Waals surface area contributed by atoms with Crippen LogP contribution in [-0.4, -0.2) is 22.4 Å². The normalized spacial score (nSPS) is 10.6. The lowest BCUT2D eigenvalue weighted by atomic mass is 10.2. The Balaban J connectivity index is 1.72. The molecule has 0 atom stereocenters. The summed E-state index contributed by atoms with van der Waals surface area (Å²) < 4.78 is 7.01. The van der Waals surface area contributed by atoms with Crippen molar-refractivity contribution < 1.29 is 9.53 Å². The van der Waals surface area contributed by atoms with Crippen LogP contribution in [0.3, 0.4) is 0 Å². The van der Waals surface area contributed by atoms with Crippen molar-refractivity contribution in [2.24, 2.45) is 0 Å². The summed E-state index contributed by atoms with van der Waals surface area (Å²) in [5.74, 6) is 0.583. The highest BCUT2D eigenvalue weighted by Crippen LogP contribution is 2.12. The first-order valence-electron chi connectivity index (χ1n) is 7.02. The molecule has 2 heterocycles. The number of hydrogen-bond acceptors (Lipinski definition) is 3. The van der Waals surface area contributed by atoms with Crippen molar-refractivity contribution in [1.82, 2.24) is 14.7 Å². The van der Waals surface area contributed by atoms with Crippen LogP contribution in [0.5, 0.6) is 5.75 Å². The number of amides is 1. The molecule has 0 aliphatic rings. The van der Waals surface area contributed by atoms with Crippen LogP contribution in [0, 0.1) is 6.92 Å². The Bertz CT molecular complexity index is 824. The molecule has 3 rings (SSSR count). The summed E-state index contributed by atoms with van der Waals surface area (Å²) >= 11 is 0. The van der Waals surface area contributed by atoms with Gasteiger partial charge in [0.15, 0.2) is 0 Å². The van der Waals surface area contributed by atoms with Crippen molar-refractivity contribution in [2.45, 2.75) is 13.5 Å². The third-order valence-corrected chi connectivity index (χ3v) is 3.44. The molecule has 5 heteroatoms. The van der Waals surface area contributed by atoms with Crippen molar-refractivity contribution in [3.8, 4) is 5.75 Å². The van der Waals surface area contributed by atoms with E-state index in [4.69, 9.17) is 4.74 Å². The van der Waals surface area contributed by atoms with Gasteiger partial charge in [0.05, 0.1) is 7.11 Å². The monoisotopic (exact) mass is 295 g/mol. The highest BCUT2D eigenvalue weighted by molar-refractivity contribution is 5.92. The number of imidazole rings is 1.